The molecule has 1 atom stereocenters. The van der Waals surface area contributed by atoms with Crippen LogP contribution in [0.1, 0.15) is 22.8 Å². The van der Waals surface area contributed by atoms with Gasteiger partial charge in [-0.1, -0.05) is 29.8 Å². The summed E-state index contributed by atoms with van der Waals surface area (Å²) >= 11 is 5.90. The van der Waals surface area contributed by atoms with Crippen LogP contribution in [-0.2, 0) is 9.09 Å². The third kappa shape index (κ3) is 2.48. The second-order valence-electron chi connectivity index (χ2n) is 5.11. The molecular weight excluding hydrogens is 321 g/mol. The molecule has 0 radical (unpaired) electrons. The topological polar surface area (TPSA) is 55.4 Å². The highest BCUT2D eigenvalue weighted by Crippen LogP contribution is 2.48. The van der Waals surface area contributed by atoms with Crippen LogP contribution in [0.2, 0.25) is 5.02 Å². The van der Waals surface area contributed by atoms with Gasteiger partial charge in [0.15, 0.2) is 0 Å². The molecule has 0 saturated heterocycles. The average Bonchev–Trinajstić information content (AvgIpc) is 2.71. The zero-order valence-corrected chi connectivity index (χ0v) is 13.9. The largest absolute Gasteiger partial charge is 0.327 e. The maximum absolute atomic E-state index is 12.8. The molecule has 0 spiro atoms. The van der Waals surface area contributed by atoms with Gasteiger partial charge in [0.25, 0.3) is 5.91 Å². The first kappa shape index (κ1) is 15.3. The minimum absolute atomic E-state index is 0.273. The van der Waals surface area contributed by atoms with Gasteiger partial charge >= 0.3 is 7.52 Å². The Morgan fingerprint density at radius 3 is 2.50 bits per heavy atom. The Balaban J connectivity index is 2.15. The fourth-order valence-corrected chi connectivity index (χ4v) is 4.88. The van der Waals surface area contributed by atoms with Crippen LogP contribution in [0.15, 0.2) is 36.4 Å². The van der Waals surface area contributed by atoms with Gasteiger partial charge in [0.1, 0.15) is 0 Å². The molecule has 114 valence electrons. The molecule has 1 unspecified atom stereocenters. The van der Waals surface area contributed by atoms with E-state index in [1.165, 1.54) is 0 Å². The van der Waals surface area contributed by atoms with Crippen molar-refractivity contribution in [1.82, 2.24) is 5.09 Å². The van der Waals surface area contributed by atoms with Crippen molar-refractivity contribution in [2.45, 2.75) is 13.8 Å². The summed E-state index contributed by atoms with van der Waals surface area (Å²) in [5.41, 5.74) is 3.02. The van der Waals surface area contributed by atoms with Gasteiger partial charge in [-0.15, -0.1) is 0 Å². The van der Waals surface area contributed by atoms with Gasteiger partial charge in [-0.2, -0.15) is 0 Å². The normalized spacial score (nSPS) is 19.9. The van der Waals surface area contributed by atoms with Crippen molar-refractivity contribution in [2.75, 3.05) is 6.61 Å². The highest BCUT2D eigenvalue weighted by Gasteiger charge is 2.41. The molecule has 0 bridgehead atoms. The van der Waals surface area contributed by atoms with Crippen molar-refractivity contribution in [2.24, 2.45) is 0 Å². The van der Waals surface area contributed by atoms with Gasteiger partial charge in [-0.25, -0.2) is 0 Å². The number of aryl methyl sites for hydroxylation is 1. The van der Waals surface area contributed by atoms with E-state index in [4.69, 9.17) is 16.1 Å². The molecule has 0 saturated carbocycles. The second kappa shape index (κ2) is 5.54. The van der Waals surface area contributed by atoms with Gasteiger partial charge < -0.3 is 4.52 Å². The first-order valence-electron chi connectivity index (χ1n) is 6.93. The highest BCUT2D eigenvalue weighted by atomic mass is 35.5. The summed E-state index contributed by atoms with van der Waals surface area (Å²) in [7, 11) is -3.29. The summed E-state index contributed by atoms with van der Waals surface area (Å²) < 4.78 is 18.1. The number of halogens is 1. The van der Waals surface area contributed by atoms with E-state index in [9.17, 15) is 9.36 Å². The maximum Gasteiger partial charge on any atom is 0.327 e. The number of carbonyl (C=O) groups is 1. The Bertz CT molecular complexity index is 802. The molecule has 1 heterocycles. The lowest BCUT2D eigenvalue weighted by molar-refractivity contribution is 0.0982. The van der Waals surface area contributed by atoms with Crippen LogP contribution in [0.4, 0.5) is 0 Å². The molecule has 0 aliphatic carbocycles. The average molecular weight is 336 g/mol. The predicted octanol–water partition coefficient (Wildman–Crippen LogP) is 3.91. The maximum atomic E-state index is 12.8. The van der Waals surface area contributed by atoms with Crippen LogP contribution in [-0.4, -0.2) is 12.5 Å². The summed E-state index contributed by atoms with van der Waals surface area (Å²) in [5, 5.41) is 3.63. The van der Waals surface area contributed by atoms with Gasteiger partial charge in [-0.05, 0) is 48.7 Å². The van der Waals surface area contributed by atoms with Crippen LogP contribution in [0, 0.1) is 6.92 Å². The monoisotopic (exact) mass is 335 g/mol. The quantitative estimate of drug-likeness (QED) is 0.865. The van der Waals surface area contributed by atoms with Gasteiger partial charge in [0.05, 0.1) is 17.5 Å². The SMILES string of the molecule is CCOP1(=O)NC(=O)c2cc(-c3ccc(Cl)cc3)cc(C)c21. The van der Waals surface area contributed by atoms with E-state index in [-0.39, 0.29) is 12.5 Å². The smallest absolute Gasteiger partial charge is 0.310 e. The molecular formula is C16H15ClNO3P. The first-order valence-corrected chi connectivity index (χ1v) is 8.93. The zero-order chi connectivity index (χ0) is 15.9. The number of amides is 1. The summed E-state index contributed by atoms with van der Waals surface area (Å²) in [6.07, 6.45) is 0. The van der Waals surface area contributed by atoms with Crippen molar-refractivity contribution in [3.8, 4) is 11.1 Å². The van der Waals surface area contributed by atoms with E-state index in [0.29, 0.717) is 15.9 Å². The van der Waals surface area contributed by atoms with Crippen molar-refractivity contribution in [1.29, 1.82) is 0 Å². The fraction of sp³-hybridized carbons (Fsp3) is 0.188. The molecule has 0 aromatic heterocycles. The lowest BCUT2D eigenvalue weighted by Gasteiger charge is -2.14. The minimum Gasteiger partial charge on any atom is -0.310 e. The van der Waals surface area contributed by atoms with E-state index in [2.05, 4.69) is 5.09 Å². The molecule has 22 heavy (non-hydrogen) atoms. The summed E-state index contributed by atoms with van der Waals surface area (Å²) in [6.45, 7) is 3.86. The van der Waals surface area contributed by atoms with Gasteiger partial charge in [-0.3, -0.25) is 14.4 Å². The third-order valence-electron chi connectivity index (χ3n) is 3.58. The number of carbonyl (C=O) groups excluding carboxylic acids is 1. The van der Waals surface area contributed by atoms with E-state index < -0.39 is 7.52 Å². The third-order valence-corrected chi connectivity index (χ3v) is 6.13. The Hall–Kier alpha value is -1.61. The zero-order valence-electron chi connectivity index (χ0n) is 12.2. The standard InChI is InChI=1S/C16H15ClNO3P/c1-3-21-22(20)15-10(2)8-12(9-14(15)16(19)18-22)11-4-6-13(17)7-5-11/h4-9H,3H2,1-2H3,(H,18,19,20). The molecule has 1 aliphatic rings. The van der Waals surface area contributed by atoms with Crippen LogP contribution in [0.3, 0.4) is 0 Å². The van der Waals surface area contributed by atoms with Crippen LogP contribution in [0.5, 0.6) is 0 Å². The Morgan fingerprint density at radius 2 is 1.86 bits per heavy atom. The van der Waals surface area contributed by atoms with Gasteiger partial charge in [0, 0.05) is 5.02 Å². The van der Waals surface area contributed by atoms with Gasteiger partial charge in [0.2, 0.25) is 0 Å². The highest BCUT2D eigenvalue weighted by molar-refractivity contribution is 7.67. The minimum atomic E-state index is -3.29. The summed E-state index contributed by atoms with van der Waals surface area (Å²) in [5.74, 6) is -0.356. The lowest BCUT2D eigenvalue weighted by Crippen LogP contribution is -2.15. The van der Waals surface area contributed by atoms with E-state index >= 15 is 0 Å². The van der Waals surface area contributed by atoms with E-state index in [1.807, 2.05) is 25.1 Å². The summed E-state index contributed by atoms with van der Waals surface area (Å²) in [4.78, 5) is 12.2. The fourth-order valence-electron chi connectivity index (χ4n) is 2.68. The van der Waals surface area contributed by atoms with Crippen molar-refractivity contribution < 1.29 is 13.9 Å². The van der Waals surface area contributed by atoms with Crippen LogP contribution < -0.4 is 10.4 Å². The number of nitrogens with one attached hydrogen (secondary N) is 1. The second-order valence-corrected chi connectivity index (χ2v) is 7.57. The molecule has 6 heteroatoms. The van der Waals surface area contributed by atoms with E-state index in [0.717, 1.165) is 16.7 Å². The molecule has 2 aromatic rings. The molecule has 3 rings (SSSR count). The Kier molecular flexibility index (Phi) is 3.85. The van der Waals surface area contributed by atoms with Crippen LogP contribution >= 0.6 is 19.1 Å². The number of hydrogen-bond donors (Lipinski definition) is 1. The lowest BCUT2D eigenvalue weighted by atomic mass is 10.00. The van der Waals surface area contributed by atoms with Crippen molar-refractivity contribution in [3.63, 3.8) is 0 Å². The molecule has 4 nitrogen and oxygen atoms in total. The van der Waals surface area contributed by atoms with Crippen molar-refractivity contribution in [3.05, 3.63) is 52.5 Å². The molecule has 0 fully saturated rings. The Labute approximate surface area is 134 Å². The molecule has 1 amide bonds. The number of hydrogen-bond acceptors (Lipinski definition) is 3. The molecule has 1 N–H and O–H groups in total. The molecule has 1 aliphatic heterocycles. The number of fused-ring (bicyclic) bond motifs is 1. The summed E-state index contributed by atoms with van der Waals surface area (Å²) in [6, 6.07) is 11.0. The first-order chi connectivity index (χ1) is 10.4. The number of benzene rings is 2. The Morgan fingerprint density at radius 1 is 1.18 bits per heavy atom. The van der Waals surface area contributed by atoms with E-state index in [1.54, 1.807) is 25.1 Å². The predicted molar refractivity (Wildman–Crippen MR) is 88.0 cm³/mol. The van der Waals surface area contributed by atoms with Crippen molar-refractivity contribution >= 4 is 30.3 Å². The number of rotatable bonds is 3. The van der Waals surface area contributed by atoms with Crippen LogP contribution in [0.25, 0.3) is 11.1 Å². The molecule has 2 aromatic carbocycles.